The number of alkyl halides is 2. The molecule has 20 nitrogen and oxygen atoms in total. The van der Waals surface area contributed by atoms with Crippen LogP contribution >= 0.6 is 13.4 Å². The van der Waals surface area contributed by atoms with Crippen LogP contribution in [0.25, 0.3) is 22.3 Å². The smallest absolute Gasteiger partial charge is 0.325 e. The summed E-state index contributed by atoms with van der Waals surface area (Å²) in [5.41, 5.74) is 10.6. The average molecular weight is 712 g/mol. The lowest BCUT2D eigenvalue weighted by atomic mass is 10.1. The number of nitrogen functional groups attached to an aromatic ring is 2. The SMILES string of the molecule is Nc1nc2c(nnn2[C@@H]2OC3COP(O)(=S)O[C@H]4[C@H](F)[C@H](n5cnc6c(N)ncnc65)O[C@@H]4COP(O)(=S)O[C@@H]2[C@H]3F)c(=O)[nH]1. The number of nitrogens with zero attached hydrogens (tertiary/aromatic N) is 8. The Morgan fingerprint density at radius 1 is 0.933 bits per heavy atom. The molecule has 4 aromatic heterocycles. The molecule has 0 radical (unpaired) electrons. The van der Waals surface area contributed by atoms with Crippen LogP contribution < -0.4 is 17.0 Å². The van der Waals surface area contributed by atoms with Gasteiger partial charge in [-0.2, -0.15) is 9.67 Å². The first-order valence-electron chi connectivity index (χ1n) is 12.8. The van der Waals surface area contributed by atoms with Crippen molar-refractivity contribution in [2.75, 3.05) is 24.7 Å². The Kier molecular flexibility index (Phi) is 7.70. The number of fused-ring (bicyclic) bond motifs is 5. The maximum Gasteiger partial charge on any atom is 0.325 e. The largest absolute Gasteiger partial charge is 0.382 e. The van der Waals surface area contributed by atoms with Crippen molar-refractivity contribution in [1.29, 1.82) is 0 Å². The fourth-order valence-corrected chi connectivity index (χ4v) is 7.95. The van der Waals surface area contributed by atoms with Crippen LogP contribution in [-0.4, -0.2) is 104 Å². The van der Waals surface area contributed by atoms with Crippen LogP contribution in [0.4, 0.5) is 20.5 Å². The first kappa shape index (κ1) is 30.9. The second-order valence-corrected chi connectivity index (χ2v) is 15.5. The summed E-state index contributed by atoms with van der Waals surface area (Å²) in [4.78, 5) is 52.4. The van der Waals surface area contributed by atoms with Crippen LogP contribution in [0.5, 0.6) is 0 Å². The summed E-state index contributed by atoms with van der Waals surface area (Å²) in [6, 6.07) is 0. The van der Waals surface area contributed by atoms with Gasteiger partial charge in [0, 0.05) is 0 Å². The van der Waals surface area contributed by atoms with Crippen molar-refractivity contribution in [3.63, 3.8) is 0 Å². The van der Waals surface area contributed by atoms with E-state index in [2.05, 4.69) is 35.2 Å². The third-order valence-corrected chi connectivity index (χ3v) is 10.2. The van der Waals surface area contributed by atoms with Crippen LogP contribution in [0.3, 0.4) is 0 Å². The van der Waals surface area contributed by atoms with Crippen LogP contribution in [0.1, 0.15) is 12.5 Å². The molecule has 3 aliphatic heterocycles. The zero-order valence-corrected chi connectivity index (χ0v) is 25.6. The second-order valence-electron chi connectivity index (χ2n) is 9.93. The zero-order valence-electron chi connectivity index (χ0n) is 22.1. The summed E-state index contributed by atoms with van der Waals surface area (Å²) in [6.45, 7) is -10.1. The van der Waals surface area contributed by atoms with Gasteiger partial charge in [-0.3, -0.25) is 23.4 Å². The van der Waals surface area contributed by atoms with Crippen molar-refractivity contribution >= 4 is 71.1 Å². The summed E-state index contributed by atoms with van der Waals surface area (Å²) in [5, 5.41) is 7.55. The molecule has 3 aliphatic rings. The molecule has 7 rings (SSSR count). The van der Waals surface area contributed by atoms with Gasteiger partial charge >= 0.3 is 13.4 Å². The van der Waals surface area contributed by atoms with Crippen LogP contribution in [0.15, 0.2) is 17.4 Å². The van der Waals surface area contributed by atoms with Crippen molar-refractivity contribution in [2.24, 2.45) is 0 Å². The molecule has 0 amide bonds. The Bertz CT molecular complexity index is 1950. The molecule has 2 bridgehead atoms. The molecule has 3 saturated heterocycles. The van der Waals surface area contributed by atoms with E-state index in [4.69, 9.17) is 62.6 Å². The van der Waals surface area contributed by atoms with E-state index in [0.29, 0.717) is 0 Å². The van der Waals surface area contributed by atoms with Gasteiger partial charge in [-0.1, -0.05) is 5.21 Å². The predicted molar refractivity (Wildman–Crippen MR) is 152 cm³/mol. The van der Waals surface area contributed by atoms with E-state index >= 15 is 8.78 Å². The lowest BCUT2D eigenvalue weighted by Gasteiger charge is -2.27. The van der Waals surface area contributed by atoms with Gasteiger partial charge in [-0.15, -0.1) is 5.10 Å². The normalized spacial score (nSPS) is 37.7. The van der Waals surface area contributed by atoms with Gasteiger partial charge < -0.3 is 39.8 Å². The highest BCUT2D eigenvalue weighted by molar-refractivity contribution is 8.07. The number of H-pyrrole nitrogens is 1. The number of nitrogens with one attached hydrogen (secondary N) is 1. The standard InChI is InChI=1S/C19H21F2N11O9P2S2/c20-7-5-1-36-42(34,44)40-11-6(39-17(8(11)21)31-4-26-9-13(22)24-3-25-14(9)31)2-37-43(35,45)41-12(7)18(38-5)32-15-10(29-30-32)16(33)28-19(23)27-15/h3-8,11-12,17-18H,1-2H2,(H,34,44)(H,35,45)(H2,22,24,25)(H3,23,27,28,33)/t5?,6-,7+,8+,11-,12-,17-,18-,42?,43?/m1/s1. The fraction of sp³-hybridized carbons (Fsp3) is 0.526. The van der Waals surface area contributed by atoms with Gasteiger partial charge in [-0.25, -0.2) is 23.7 Å². The number of halogens is 2. The molecule has 10 atom stereocenters. The number of anilines is 2. The monoisotopic (exact) mass is 711 g/mol. The Balaban J connectivity index is 1.21. The van der Waals surface area contributed by atoms with E-state index in [1.165, 1.54) is 10.9 Å². The number of aromatic nitrogens is 9. The Labute approximate surface area is 258 Å². The molecule has 0 saturated carbocycles. The summed E-state index contributed by atoms with van der Waals surface area (Å²) in [7, 11) is 0. The molecular formula is C19H21F2N11O9P2S2. The van der Waals surface area contributed by atoms with Gasteiger partial charge in [0.1, 0.15) is 36.3 Å². The van der Waals surface area contributed by atoms with E-state index < -0.39 is 81.4 Å². The molecule has 7 heterocycles. The maximum absolute atomic E-state index is 16.0. The quantitative estimate of drug-likeness (QED) is 0.160. The lowest BCUT2D eigenvalue weighted by Crippen LogP contribution is -2.34. The Morgan fingerprint density at radius 3 is 2.38 bits per heavy atom. The van der Waals surface area contributed by atoms with E-state index in [1.54, 1.807) is 0 Å². The van der Waals surface area contributed by atoms with Crippen molar-refractivity contribution in [3.8, 4) is 0 Å². The predicted octanol–water partition coefficient (Wildman–Crippen LogP) is -0.759. The molecular weight excluding hydrogens is 690 g/mol. The highest BCUT2D eigenvalue weighted by Crippen LogP contribution is 2.54. The minimum Gasteiger partial charge on any atom is -0.382 e. The minimum atomic E-state index is -4.38. The molecule has 0 aromatic carbocycles. The number of nitrogens with two attached hydrogens (primary N) is 2. The van der Waals surface area contributed by atoms with Gasteiger partial charge in [0.25, 0.3) is 5.56 Å². The molecule has 3 unspecified atom stereocenters. The fourth-order valence-electron chi connectivity index (χ4n) is 5.11. The first-order valence-corrected chi connectivity index (χ1v) is 17.9. The molecule has 3 fully saturated rings. The summed E-state index contributed by atoms with van der Waals surface area (Å²) >= 11 is 10.3. The number of imidazole rings is 1. The van der Waals surface area contributed by atoms with Crippen LogP contribution in [0, 0.1) is 0 Å². The van der Waals surface area contributed by atoms with E-state index in [-0.39, 0.29) is 34.1 Å². The van der Waals surface area contributed by atoms with Crippen molar-refractivity contribution in [2.45, 2.75) is 49.2 Å². The highest BCUT2D eigenvalue weighted by Gasteiger charge is 2.54. The summed E-state index contributed by atoms with van der Waals surface area (Å²) in [6.07, 6.45) is -11.1. The van der Waals surface area contributed by atoms with Crippen molar-refractivity contribution < 1.29 is 46.1 Å². The maximum atomic E-state index is 16.0. The second kappa shape index (κ2) is 11.2. The molecule has 45 heavy (non-hydrogen) atoms. The van der Waals surface area contributed by atoms with Gasteiger partial charge in [0.2, 0.25) is 5.95 Å². The zero-order chi connectivity index (χ0) is 31.8. The minimum absolute atomic E-state index is 0.0398. The molecule has 7 N–H and O–H groups in total. The topological polar surface area (TPSA) is 268 Å². The molecule has 4 aromatic rings. The van der Waals surface area contributed by atoms with Crippen LogP contribution in [-0.2, 0) is 51.2 Å². The molecule has 0 aliphatic carbocycles. The lowest BCUT2D eigenvalue weighted by molar-refractivity contribution is -0.0639. The van der Waals surface area contributed by atoms with E-state index in [1.807, 2.05) is 0 Å². The third-order valence-electron chi connectivity index (χ3n) is 7.10. The molecule has 242 valence electrons. The highest BCUT2D eigenvalue weighted by atomic mass is 32.5. The Morgan fingerprint density at radius 2 is 1.62 bits per heavy atom. The number of ether oxygens (including phenoxy) is 2. The number of hydrogen-bond acceptors (Lipinski definition) is 17. The van der Waals surface area contributed by atoms with Crippen molar-refractivity contribution in [3.05, 3.63) is 23.0 Å². The molecule has 0 spiro atoms. The summed E-state index contributed by atoms with van der Waals surface area (Å²) < 4.78 is 67.4. The van der Waals surface area contributed by atoms with Gasteiger partial charge in [0.05, 0.1) is 19.5 Å². The van der Waals surface area contributed by atoms with Crippen LogP contribution in [0.2, 0.25) is 0 Å². The summed E-state index contributed by atoms with van der Waals surface area (Å²) in [5.74, 6) is -0.257. The first-order chi connectivity index (χ1) is 21.3. The number of rotatable bonds is 2. The van der Waals surface area contributed by atoms with E-state index in [9.17, 15) is 14.6 Å². The van der Waals surface area contributed by atoms with E-state index in [0.717, 1.165) is 11.0 Å². The third kappa shape index (κ3) is 5.53. The Hall–Kier alpha value is -2.73. The van der Waals surface area contributed by atoms with Crippen molar-refractivity contribution in [1.82, 2.24) is 44.5 Å². The van der Waals surface area contributed by atoms with Gasteiger partial charge in [-0.05, 0) is 23.6 Å². The number of hydrogen-bond donors (Lipinski definition) is 5. The average Bonchev–Trinajstić information content (AvgIpc) is 3.72. The molecule has 26 heteroatoms. The number of aromatic amines is 1. The van der Waals surface area contributed by atoms with Gasteiger partial charge in [0.15, 0.2) is 47.4 Å².